The van der Waals surface area contributed by atoms with E-state index in [1.807, 2.05) is 0 Å². The van der Waals surface area contributed by atoms with Gasteiger partial charge in [-0.15, -0.1) is 0 Å². The van der Waals surface area contributed by atoms with Crippen LogP contribution in [0.25, 0.3) is 0 Å². The number of halogens is 3. The van der Waals surface area contributed by atoms with Crippen LogP contribution in [0.15, 0.2) is 18.2 Å². The lowest BCUT2D eigenvalue weighted by molar-refractivity contribution is -0.218. The molecule has 1 aromatic rings. The van der Waals surface area contributed by atoms with Gasteiger partial charge >= 0.3 is 6.18 Å². The van der Waals surface area contributed by atoms with Crippen molar-refractivity contribution in [2.24, 2.45) is 11.3 Å². The highest BCUT2D eigenvalue weighted by atomic mass is 19.4. The Labute approximate surface area is 174 Å². The number of anilines is 1. The third-order valence-electron chi connectivity index (χ3n) is 6.88. The van der Waals surface area contributed by atoms with Crippen molar-refractivity contribution in [3.63, 3.8) is 0 Å². The van der Waals surface area contributed by atoms with Gasteiger partial charge in [-0.25, -0.2) is 0 Å². The Hall–Kier alpha value is -2.95. The average molecular weight is 436 g/mol. The fourth-order valence-corrected chi connectivity index (χ4v) is 5.18. The lowest BCUT2D eigenvalue weighted by Gasteiger charge is -2.30. The molecule has 3 saturated heterocycles. The van der Waals surface area contributed by atoms with E-state index in [9.17, 15) is 32.3 Å². The smallest absolute Gasteiger partial charge is 0.370 e. The fraction of sp³-hybridized carbons (Fsp3) is 0.500. The van der Waals surface area contributed by atoms with E-state index in [1.165, 1.54) is 18.2 Å². The highest BCUT2D eigenvalue weighted by molar-refractivity contribution is 6.23. The number of alkyl halides is 3. The summed E-state index contributed by atoms with van der Waals surface area (Å²) in [6.45, 7) is 0.0706. The molecule has 1 unspecified atom stereocenters. The van der Waals surface area contributed by atoms with Gasteiger partial charge in [-0.1, -0.05) is 0 Å². The van der Waals surface area contributed by atoms with Crippen molar-refractivity contribution in [3.8, 4) is 0 Å². The molecule has 31 heavy (non-hydrogen) atoms. The Morgan fingerprint density at radius 3 is 2.48 bits per heavy atom. The maximum absolute atomic E-state index is 13.8. The van der Waals surface area contributed by atoms with Gasteiger partial charge in [0.2, 0.25) is 11.8 Å². The second-order valence-electron chi connectivity index (χ2n) is 8.54. The molecule has 2 N–H and O–H groups in total. The summed E-state index contributed by atoms with van der Waals surface area (Å²) in [6.07, 6.45) is -4.31. The predicted octanol–water partition coefficient (Wildman–Crippen LogP) is 0.676. The second-order valence-corrected chi connectivity index (χ2v) is 8.54. The largest absolute Gasteiger partial charge is 0.397 e. The maximum atomic E-state index is 13.8. The van der Waals surface area contributed by atoms with Crippen LogP contribution >= 0.6 is 0 Å². The van der Waals surface area contributed by atoms with Crippen LogP contribution in [0.1, 0.15) is 33.6 Å². The topological polar surface area (TPSA) is 98.8 Å². The third-order valence-corrected chi connectivity index (χ3v) is 6.88. The van der Waals surface area contributed by atoms with E-state index in [0.29, 0.717) is 5.69 Å². The van der Waals surface area contributed by atoms with Gasteiger partial charge in [0.05, 0.1) is 11.1 Å². The van der Waals surface area contributed by atoms with Crippen LogP contribution in [0.4, 0.5) is 18.9 Å². The SMILES string of the molecule is O=C1CCC(N2C(=O)c3ccc(N4C[C@@H]5CNC[C@]5(C(F)(F)F)C4)cc3C2=O)C(=O)N1. The van der Waals surface area contributed by atoms with Crippen LogP contribution in [0, 0.1) is 11.3 Å². The van der Waals surface area contributed by atoms with Gasteiger partial charge in [-0.05, 0) is 24.6 Å². The first-order chi connectivity index (χ1) is 14.6. The van der Waals surface area contributed by atoms with E-state index < -0.39 is 47.2 Å². The van der Waals surface area contributed by atoms with Crippen LogP contribution in [-0.4, -0.2) is 66.9 Å². The molecule has 3 atom stereocenters. The van der Waals surface area contributed by atoms with Crippen molar-refractivity contribution < 1.29 is 32.3 Å². The number of hydrogen-bond acceptors (Lipinski definition) is 6. The summed E-state index contributed by atoms with van der Waals surface area (Å²) in [6, 6.07) is 3.30. The zero-order valence-electron chi connectivity index (χ0n) is 16.3. The summed E-state index contributed by atoms with van der Waals surface area (Å²) in [5.41, 5.74) is -1.25. The normalized spacial score (nSPS) is 30.7. The number of fused-ring (bicyclic) bond motifs is 2. The molecule has 5 rings (SSSR count). The average Bonchev–Trinajstić information content (AvgIpc) is 3.33. The summed E-state index contributed by atoms with van der Waals surface area (Å²) >= 11 is 0. The number of imide groups is 2. The highest BCUT2D eigenvalue weighted by Gasteiger charge is 2.65. The van der Waals surface area contributed by atoms with E-state index >= 15 is 0 Å². The van der Waals surface area contributed by atoms with Crippen LogP contribution in [0.3, 0.4) is 0 Å². The predicted molar refractivity (Wildman–Crippen MR) is 100 cm³/mol. The van der Waals surface area contributed by atoms with Gasteiger partial charge in [-0.2, -0.15) is 13.2 Å². The zero-order valence-corrected chi connectivity index (χ0v) is 16.3. The van der Waals surface area contributed by atoms with Crippen molar-refractivity contribution in [2.45, 2.75) is 25.1 Å². The van der Waals surface area contributed by atoms with Gasteiger partial charge in [0, 0.05) is 44.2 Å². The summed E-state index contributed by atoms with van der Waals surface area (Å²) < 4.78 is 41.4. The summed E-state index contributed by atoms with van der Waals surface area (Å²) in [4.78, 5) is 51.7. The number of carbonyl (C=O) groups is 4. The molecular weight excluding hydrogens is 417 g/mol. The molecule has 0 radical (unpaired) electrons. The van der Waals surface area contributed by atoms with Crippen molar-refractivity contribution in [1.82, 2.24) is 15.5 Å². The van der Waals surface area contributed by atoms with Crippen molar-refractivity contribution in [2.75, 3.05) is 31.1 Å². The minimum Gasteiger partial charge on any atom is -0.370 e. The van der Waals surface area contributed by atoms with Crippen LogP contribution in [-0.2, 0) is 9.59 Å². The van der Waals surface area contributed by atoms with Gasteiger partial charge in [0.1, 0.15) is 11.5 Å². The fourth-order valence-electron chi connectivity index (χ4n) is 5.18. The molecule has 8 nitrogen and oxygen atoms in total. The van der Waals surface area contributed by atoms with Gasteiger partial charge < -0.3 is 10.2 Å². The molecule has 0 bridgehead atoms. The van der Waals surface area contributed by atoms with Crippen molar-refractivity contribution in [1.29, 1.82) is 0 Å². The van der Waals surface area contributed by atoms with E-state index in [-0.39, 0.29) is 50.1 Å². The first-order valence-electron chi connectivity index (χ1n) is 10.0. The van der Waals surface area contributed by atoms with Gasteiger partial charge in [0.25, 0.3) is 11.8 Å². The summed E-state index contributed by atoms with van der Waals surface area (Å²) in [7, 11) is 0. The Kier molecular flexibility index (Phi) is 4.20. The molecule has 11 heteroatoms. The minimum atomic E-state index is -4.36. The van der Waals surface area contributed by atoms with Crippen LogP contribution in [0.2, 0.25) is 0 Å². The number of benzene rings is 1. The molecule has 3 fully saturated rings. The molecule has 0 aliphatic carbocycles. The summed E-state index contributed by atoms with van der Waals surface area (Å²) in [5.74, 6) is -3.10. The monoisotopic (exact) mass is 436 g/mol. The Balaban J connectivity index is 1.43. The maximum Gasteiger partial charge on any atom is 0.397 e. The molecule has 0 spiro atoms. The van der Waals surface area contributed by atoms with Crippen molar-refractivity contribution >= 4 is 29.3 Å². The lowest BCUT2D eigenvalue weighted by atomic mass is 9.80. The number of rotatable bonds is 2. The Bertz CT molecular complexity index is 1030. The number of nitrogens with zero attached hydrogens (tertiary/aromatic N) is 2. The number of nitrogens with one attached hydrogen (secondary N) is 2. The molecule has 4 aliphatic heterocycles. The van der Waals surface area contributed by atoms with Gasteiger partial charge in [0.15, 0.2) is 0 Å². The van der Waals surface area contributed by atoms with E-state index in [2.05, 4.69) is 10.6 Å². The number of hydrogen-bond donors (Lipinski definition) is 2. The first kappa shape index (κ1) is 20.0. The molecule has 4 amide bonds. The second kappa shape index (κ2) is 6.52. The molecule has 164 valence electrons. The highest BCUT2D eigenvalue weighted by Crippen LogP contribution is 2.51. The Morgan fingerprint density at radius 2 is 1.81 bits per heavy atom. The quantitative estimate of drug-likeness (QED) is 0.662. The van der Waals surface area contributed by atoms with E-state index in [0.717, 1.165) is 4.90 Å². The third kappa shape index (κ3) is 2.79. The molecule has 4 heterocycles. The molecule has 1 aromatic carbocycles. The summed E-state index contributed by atoms with van der Waals surface area (Å²) in [5, 5.41) is 4.96. The molecule has 0 saturated carbocycles. The van der Waals surface area contributed by atoms with Crippen LogP contribution in [0.5, 0.6) is 0 Å². The number of amides is 4. The zero-order chi connectivity index (χ0) is 22.1. The Morgan fingerprint density at radius 1 is 1.06 bits per heavy atom. The number of piperidine rings is 1. The van der Waals surface area contributed by atoms with Crippen LogP contribution < -0.4 is 15.5 Å². The standard InChI is InChI=1S/C20H19F3N4O4/c21-20(22,23)19-8-24-6-10(19)7-26(9-19)11-1-2-12-13(5-11)18(31)27(17(12)30)14-3-4-15(28)25-16(14)29/h1-2,5,10,14,24H,3-4,6-9H2,(H,25,28,29)/t10-,14?,19-/m0/s1. The molecular formula is C20H19F3N4O4. The van der Waals surface area contributed by atoms with Gasteiger partial charge in [-0.3, -0.25) is 29.4 Å². The minimum absolute atomic E-state index is 0.0117. The van der Waals surface area contributed by atoms with Crippen molar-refractivity contribution in [3.05, 3.63) is 29.3 Å². The first-order valence-corrected chi connectivity index (χ1v) is 10.0. The van der Waals surface area contributed by atoms with E-state index in [1.54, 1.807) is 4.90 Å². The molecule has 4 aliphatic rings. The molecule has 0 aromatic heterocycles. The van der Waals surface area contributed by atoms with E-state index in [4.69, 9.17) is 0 Å². The lowest BCUT2D eigenvalue weighted by Crippen LogP contribution is -2.54. The number of carbonyl (C=O) groups excluding carboxylic acids is 4.